The van der Waals surface area contributed by atoms with Gasteiger partial charge < -0.3 is 14.5 Å². The standard InChI is InChI=1S/C10H14ClNO2/c1-10(4-6-12-7-5-10)14-9-3-2-8(11)13-9/h2-3,12H,4-7H2,1H3. The lowest BCUT2D eigenvalue weighted by Gasteiger charge is -2.33. The number of nitrogens with one attached hydrogen (secondary N) is 1. The van der Waals surface area contributed by atoms with Crippen LogP contribution in [0.4, 0.5) is 0 Å². The quantitative estimate of drug-likeness (QED) is 0.823. The third-order valence-corrected chi connectivity index (χ3v) is 2.76. The van der Waals surface area contributed by atoms with Crippen LogP contribution < -0.4 is 10.1 Å². The minimum absolute atomic E-state index is 0.119. The maximum Gasteiger partial charge on any atom is 0.286 e. The van der Waals surface area contributed by atoms with E-state index >= 15 is 0 Å². The zero-order valence-electron chi connectivity index (χ0n) is 8.18. The van der Waals surface area contributed by atoms with Gasteiger partial charge in [0.15, 0.2) is 5.22 Å². The number of hydrogen-bond donors (Lipinski definition) is 1. The number of piperidine rings is 1. The molecule has 0 radical (unpaired) electrons. The minimum Gasteiger partial charge on any atom is -0.459 e. The van der Waals surface area contributed by atoms with E-state index in [0.29, 0.717) is 11.2 Å². The minimum atomic E-state index is -0.119. The molecule has 0 spiro atoms. The van der Waals surface area contributed by atoms with Gasteiger partial charge in [-0.2, -0.15) is 0 Å². The number of ether oxygens (including phenoxy) is 1. The highest BCUT2D eigenvalue weighted by Crippen LogP contribution is 2.28. The van der Waals surface area contributed by atoms with Gasteiger partial charge in [0.1, 0.15) is 5.60 Å². The Morgan fingerprint density at radius 3 is 2.71 bits per heavy atom. The molecule has 1 aromatic rings. The molecule has 78 valence electrons. The van der Waals surface area contributed by atoms with Crippen LogP contribution in [-0.2, 0) is 0 Å². The molecule has 0 bridgehead atoms. The lowest BCUT2D eigenvalue weighted by atomic mass is 9.95. The van der Waals surface area contributed by atoms with Gasteiger partial charge in [0.25, 0.3) is 5.95 Å². The average molecular weight is 216 g/mol. The first-order valence-corrected chi connectivity index (χ1v) is 5.21. The first kappa shape index (κ1) is 9.87. The summed E-state index contributed by atoms with van der Waals surface area (Å²) in [5.74, 6) is 0.513. The summed E-state index contributed by atoms with van der Waals surface area (Å²) in [7, 11) is 0. The zero-order chi connectivity index (χ0) is 10.0. The van der Waals surface area contributed by atoms with Crippen molar-refractivity contribution in [3.05, 3.63) is 17.4 Å². The Morgan fingerprint density at radius 1 is 1.43 bits per heavy atom. The van der Waals surface area contributed by atoms with Crippen LogP contribution >= 0.6 is 11.6 Å². The van der Waals surface area contributed by atoms with Crippen molar-refractivity contribution in [2.45, 2.75) is 25.4 Å². The number of halogens is 1. The van der Waals surface area contributed by atoms with Crippen molar-refractivity contribution in [3.8, 4) is 5.95 Å². The highest BCUT2D eigenvalue weighted by atomic mass is 35.5. The van der Waals surface area contributed by atoms with Crippen LogP contribution in [-0.4, -0.2) is 18.7 Å². The molecular weight excluding hydrogens is 202 g/mol. The second-order valence-corrected chi connectivity index (χ2v) is 4.23. The molecule has 3 nitrogen and oxygen atoms in total. The fourth-order valence-electron chi connectivity index (χ4n) is 1.65. The molecule has 1 N–H and O–H groups in total. The molecule has 1 aliphatic rings. The van der Waals surface area contributed by atoms with Crippen LogP contribution in [0.15, 0.2) is 16.5 Å². The molecule has 1 aliphatic heterocycles. The highest BCUT2D eigenvalue weighted by Gasteiger charge is 2.29. The van der Waals surface area contributed by atoms with Crippen LogP contribution in [0.2, 0.25) is 5.22 Å². The van der Waals surface area contributed by atoms with E-state index in [-0.39, 0.29) is 5.60 Å². The van der Waals surface area contributed by atoms with Gasteiger partial charge in [0.2, 0.25) is 0 Å². The van der Waals surface area contributed by atoms with Gasteiger partial charge in [-0.05, 0) is 44.5 Å². The van der Waals surface area contributed by atoms with E-state index in [2.05, 4.69) is 12.2 Å². The van der Waals surface area contributed by atoms with Gasteiger partial charge in [-0.15, -0.1) is 0 Å². The topological polar surface area (TPSA) is 34.4 Å². The van der Waals surface area contributed by atoms with E-state index in [9.17, 15) is 0 Å². The molecule has 0 unspecified atom stereocenters. The molecule has 2 rings (SSSR count). The largest absolute Gasteiger partial charge is 0.459 e. The number of hydrogen-bond acceptors (Lipinski definition) is 3. The highest BCUT2D eigenvalue weighted by molar-refractivity contribution is 6.28. The monoisotopic (exact) mass is 215 g/mol. The molecule has 0 aromatic carbocycles. The molecule has 2 heterocycles. The molecule has 14 heavy (non-hydrogen) atoms. The Hall–Kier alpha value is -0.670. The maximum atomic E-state index is 5.77. The van der Waals surface area contributed by atoms with E-state index in [1.165, 1.54) is 0 Å². The maximum absolute atomic E-state index is 5.77. The van der Waals surface area contributed by atoms with Crippen LogP contribution in [0.5, 0.6) is 5.95 Å². The van der Waals surface area contributed by atoms with E-state index in [0.717, 1.165) is 25.9 Å². The van der Waals surface area contributed by atoms with Gasteiger partial charge in [0, 0.05) is 12.1 Å². The fourth-order valence-corrected chi connectivity index (χ4v) is 1.79. The van der Waals surface area contributed by atoms with E-state index in [1.54, 1.807) is 12.1 Å². The predicted octanol–water partition coefficient (Wildman–Crippen LogP) is 2.45. The first-order valence-electron chi connectivity index (χ1n) is 4.83. The van der Waals surface area contributed by atoms with E-state index < -0.39 is 0 Å². The van der Waals surface area contributed by atoms with Crippen molar-refractivity contribution in [1.29, 1.82) is 0 Å². The zero-order valence-corrected chi connectivity index (χ0v) is 8.93. The summed E-state index contributed by atoms with van der Waals surface area (Å²) in [6.45, 7) is 4.08. The second-order valence-electron chi connectivity index (χ2n) is 3.86. The summed E-state index contributed by atoms with van der Waals surface area (Å²) in [6.07, 6.45) is 1.98. The Bertz CT molecular complexity index is 305. The van der Waals surface area contributed by atoms with Gasteiger partial charge in [-0.3, -0.25) is 0 Å². The second kappa shape index (κ2) is 3.83. The molecule has 4 heteroatoms. The van der Waals surface area contributed by atoms with Gasteiger partial charge in [-0.1, -0.05) is 0 Å². The van der Waals surface area contributed by atoms with Gasteiger partial charge in [0.05, 0.1) is 0 Å². The Balaban J connectivity index is 2.01. The fraction of sp³-hybridized carbons (Fsp3) is 0.600. The van der Waals surface area contributed by atoms with Crippen molar-refractivity contribution >= 4 is 11.6 Å². The summed E-state index contributed by atoms with van der Waals surface area (Å²) in [4.78, 5) is 0. The van der Waals surface area contributed by atoms with Crippen molar-refractivity contribution in [2.75, 3.05) is 13.1 Å². The summed E-state index contributed by atoms with van der Waals surface area (Å²) in [5.41, 5.74) is -0.119. The van der Waals surface area contributed by atoms with Crippen LogP contribution in [0.25, 0.3) is 0 Å². The van der Waals surface area contributed by atoms with E-state index in [1.807, 2.05) is 0 Å². The third kappa shape index (κ3) is 2.22. The Kier molecular flexibility index (Phi) is 2.70. The molecule has 0 atom stereocenters. The predicted molar refractivity (Wildman–Crippen MR) is 54.9 cm³/mol. The van der Waals surface area contributed by atoms with Crippen LogP contribution in [0, 0.1) is 0 Å². The van der Waals surface area contributed by atoms with Gasteiger partial charge in [-0.25, -0.2) is 0 Å². The SMILES string of the molecule is CC1(Oc2ccc(Cl)o2)CCNCC1. The first-order chi connectivity index (χ1) is 6.68. The van der Waals surface area contributed by atoms with Crippen molar-refractivity contribution in [2.24, 2.45) is 0 Å². The summed E-state index contributed by atoms with van der Waals surface area (Å²) in [5, 5.41) is 3.67. The third-order valence-electron chi connectivity index (χ3n) is 2.56. The van der Waals surface area contributed by atoms with Crippen LogP contribution in [0.1, 0.15) is 19.8 Å². The Labute approximate surface area is 88.4 Å². The lowest BCUT2D eigenvalue weighted by molar-refractivity contribution is 0.0319. The summed E-state index contributed by atoms with van der Waals surface area (Å²) in [6, 6.07) is 3.46. The van der Waals surface area contributed by atoms with Gasteiger partial charge >= 0.3 is 0 Å². The average Bonchev–Trinajstić information content (AvgIpc) is 2.51. The molecule has 0 saturated carbocycles. The smallest absolute Gasteiger partial charge is 0.286 e. The normalized spacial score (nSPS) is 20.7. The lowest BCUT2D eigenvalue weighted by Crippen LogP contribution is -2.43. The van der Waals surface area contributed by atoms with E-state index in [4.69, 9.17) is 20.8 Å². The van der Waals surface area contributed by atoms with Crippen LogP contribution in [0.3, 0.4) is 0 Å². The summed E-state index contributed by atoms with van der Waals surface area (Å²) >= 11 is 5.66. The summed E-state index contributed by atoms with van der Waals surface area (Å²) < 4.78 is 10.9. The molecule has 1 fully saturated rings. The molecule has 1 aromatic heterocycles. The molecule has 0 aliphatic carbocycles. The Morgan fingerprint density at radius 2 is 2.14 bits per heavy atom. The molecule has 0 amide bonds. The number of rotatable bonds is 2. The molecule has 1 saturated heterocycles. The van der Waals surface area contributed by atoms with Crippen molar-refractivity contribution in [3.63, 3.8) is 0 Å². The molecular formula is C10H14ClNO2. The van der Waals surface area contributed by atoms with Crippen molar-refractivity contribution < 1.29 is 9.15 Å². The van der Waals surface area contributed by atoms with Crippen molar-refractivity contribution in [1.82, 2.24) is 5.32 Å². The number of furan rings is 1.